The van der Waals surface area contributed by atoms with E-state index in [9.17, 15) is 4.79 Å². The Bertz CT molecular complexity index is 1290. The molecule has 0 radical (unpaired) electrons. The number of hydrogen-bond acceptors (Lipinski definition) is 5. The zero-order chi connectivity index (χ0) is 22.6. The van der Waals surface area contributed by atoms with Crippen molar-refractivity contribution in [2.24, 2.45) is 0 Å². The molecule has 1 aliphatic carbocycles. The van der Waals surface area contributed by atoms with Crippen molar-refractivity contribution < 1.29 is 4.79 Å². The molecule has 2 N–H and O–H groups in total. The van der Waals surface area contributed by atoms with Gasteiger partial charge in [0.25, 0.3) is 5.91 Å². The Labute approximate surface area is 197 Å². The highest BCUT2D eigenvalue weighted by atomic mass is 35.5. The second-order valence-electron chi connectivity index (χ2n) is 8.28. The van der Waals surface area contributed by atoms with Crippen molar-refractivity contribution in [1.29, 1.82) is 0 Å². The van der Waals surface area contributed by atoms with Crippen molar-refractivity contribution in [1.82, 2.24) is 20.3 Å². The van der Waals surface area contributed by atoms with Crippen molar-refractivity contribution >= 4 is 39.9 Å². The minimum Gasteiger partial charge on any atom is -0.349 e. The molecule has 1 saturated carbocycles. The number of anilines is 2. The largest absolute Gasteiger partial charge is 0.349 e. The van der Waals surface area contributed by atoms with Gasteiger partial charge in [0.2, 0.25) is 0 Å². The van der Waals surface area contributed by atoms with Crippen LogP contribution in [0.15, 0.2) is 67.0 Å². The van der Waals surface area contributed by atoms with Gasteiger partial charge in [-0.1, -0.05) is 43.0 Å². The molecule has 2 aromatic carbocycles. The number of nitrogens with one attached hydrogen (secondary N) is 2. The van der Waals surface area contributed by atoms with Crippen molar-refractivity contribution in [2.75, 3.05) is 5.32 Å². The van der Waals surface area contributed by atoms with Gasteiger partial charge in [-0.3, -0.25) is 9.78 Å². The number of amides is 1. The van der Waals surface area contributed by atoms with Crippen molar-refractivity contribution in [3.05, 3.63) is 77.6 Å². The number of aromatic nitrogens is 3. The highest BCUT2D eigenvalue weighted by Crippen LogP contribution is 2.30. The molecule has 2 heterocycles. The van der Waals surface area contributed by atoms with Crippen LogP contribution >= 0.6 is 11.6 Å². The van der Waals surface area contributed by atoms with E-state index in [2.05, 4.69) is 20.6 Å². The number of para-hydroxylation sites is 1. The smallest absolute Gasteiger partial charge is 0.253 e. The Morgan fingerprint density at radius 3 is 2.64 bits per heavy atom. The van der Waals surface area contributed by atoms with E-state index in [-0.39, 0.29) is 11.9 Å². The van der Waals surface area contributed by atoms with E-state index in [4.69, 9.17) is 16.6 Å². The third kappa shape index (κ3) is 4.81. The van der Waals surface area contributed by atoms with E-state index in [0.29, 0.717) is 33.4 Å². The van der Waals surface area contributed by atoms with Crippen molar-refractivity contribution in [3.63, 3.8) is 0 Å². The number of hydrogen-bond donors (Lipinski definition) is 2. The van der Waals surface area contributed by atoms with Crippen molar-refractivity contribution in [2.45, 2.75) is 38.1 Å². The highest BCUT2D eigenvalue weighted by Gasteiger charge is 2.19. The van der Waals surface area contributed by atoms with Gasteiger partial charge < -0.3 is 10.6 Å². The van der Waals surface area contributed by atoms with Gasteiger partial charge in [-0.05, 0) is 55.3 Å². The number of benzene rings is 2. The molecule has 0 atom stereocenters. The van der Waals surface area contributed by atoms with E-state index in [1.807, 2.05) is 54.6 Å². The molecule has 1 fully saturated rings. The molecule has 7 heteroatoms. The molecule has 0 saturated heterocycles. The van der Waals surface area contributed by atoms with Crippen LogP contribution in [0, 0.1) is 0 Å². The van der Waals surface area contributed by atoms with Gasteiger partial charge in [0.15, 0.2) is 5.82 Å². The summed E-state index contributed by atoms with van der Waals surface area (Å²) in [6.45, 7) is 0. The molecule has 0 spiro atoms. The fraction of sp³-hybridized carbons (Fsp3) is 0.231. The lowest BCUT2D eigenvalue weighted by Gasteiger charge is -2.23. The first-order chi connectivity index (χ1) is 16.2. The summed E-state index contributed by atoms with van der Waals surface area (Å²) >= 11 is 6.24. The Balaban J connectivity index is 1.52. The Morgan fingerprint density at radius 1 is 0.970 bits per heavy atom. The van der Waals surface area contributed by atoms with Crippen LogP contribution in [-0.4, -0.2) is 26.9 Å². The average molecular weight is 458 g/mol. The predicted octanol–water partition coefficient (Wildman–Crippen LogP) is 6.15. The second kappa shape index (κ2) is 9.55. The van der Waals surface area contributed by atoms with Crippen molar-refractivity contribution in [3.8, 4) is 11.4 Å². The number of carbonyl (C=O) groups excluding carboxylic acids is 1. The molecular formula is C26H24ClN5O. The summed E-state index contributed by atoms with van der Waals surface area (Å²) in [5.74, 6) is 1.07. The molecule has 0 bridgehead atoms. The van der Waals surface area contributed by atoms with Gasteiger partial charge >= 0.3 is 0 Å². The molecule has 33 heavy (non-hydrogen) atoms. The third-order valence-electron chi connectivity index (χ3n) is 5.94. The quantitative estimate of drug-likeness (QED) is 0.375. The lowest BCUT2D eigenvalue weighted by Crippen LogP contribution is -2.36. The van der Waals surface area contributed by atoms with Gasteiger partial charge in [-0.2, -0.15) is 0 Å². The second-order valence-corrected chi connectivity index (χ2v) is 8.71. The first-order valence-corrected chi connectivity index (χ1v) is 11.6. The first kappa shape index (κ1) is 21.3. The SMILES string of the molecule is O=C(NC1CCCCC1)c1ccccc1Nc1nc(-c2cccnc2)nc2cc(Cl)ccc12. The van der Waals surface area contributed by atoms with Gasteiger partial charge in [0, 0.05) is 34.4 Å². The Morgan fingerprint density at radius 2 is 1.82 bits per heavy atom. The molecule has 1 aliphatic rings. The number of carbonyl (C=O) groups is 1. The van der Waals surface area contributed by atoms with Crippen LogP contribution in [0.5, 0.6) is 0 Å². The molecule has 166 valence electrons. The summed E-state index contributed by atoms with van der Waals surface area (Å²) in [6, 6.07) is 17.0. The van der Waals surface area contributed by atoms with Crippen LogP contribution in [0.3, 0.4) is 0 Å². The maximum Gasteiger partial charge on any atom is 0.253 e. The van der Waals surface area contributed by atoms with Gasteiger partial charge in [0.1, 0.15) is 5.82 Å². The maximum absolute atomic E-state index is 13.1. The van der Waals surface area contributed by atoms with E-state index in [1.54, 1.807) is 12.4 Å². The van der Waals surface area contributed by atoms with Crippen LogP contribution in [0.4, 0.5) is 11.5 Å². The Hall–Kier alpha value is -3.51. The number of fused-ring (bicyclic) bond motifs is 1. The summed E-state index contributed by atoms with van der Waals surface area (Å²) in [6.07, 6.45) is 9.08. The van der Waals surface area contributed by atoms with Crippen LogP contribution in [0.25, 0.3) is 22.3 Å². The predicted molar refractivity (Wildman–Crippen MR) is 132 cm³/mol. The molecule has 6 nitrogen and oxygen atoms in total. The van der Waals surface area contributed by atoms with Crippen LogP contribution in [-0.2, 0) is 0 Å². The van der Waals surface area contributed by atoms with Crippen LogP contribution in [0.1, 0.15) is 42.5 Å². The van der Waals surface area contributed by atoms with Crippen LogP contribution in [0.2, 0.25) is 5.02 Å². The lowest BCUT2D eigenvalue weighted by molar-refractivity contribution is 0.0928. The fourth-order valence-electron chi connectivity index (χ4n) is 4.25. The van der Waals surface area contributed by atoms with Crippen LogP contribution < -0.4 is 10.6 Å². The normalized spacial score (nSPS) is 14.2. The third-order valence-corrected chi connectivity index (χ3v) is 6.18. The number of halogens is 1. The summed E-state index contributed by atoms with van der Waals surface area (Å²) in [5.41, 5.74) is 2.79. The molecule has 4 aromatic rings. The summed E-state index contributed by atoms with van der Waals surface area (Å²) in [5, 5.41) is 8.00. The highest BCUT2D eigenvalue weighted by molar-refractivity contribution is 6.31. The first-order valence-electron chi connectivity index (χ1n) is 11.2. The summed E-state index contributed by atoms with van der Waals surface area (Å²) in [4.78, 5) is 26.8. The molecule has 1 amide bonds. The summed E-state index contributed by atoms with van der Waals surface area (Å²) < 4.78 is 0. The Kier molecular flexibility index (Phi) is 6.17. The molecular weight excluding hydrogens is 434 g/mol. The van der Waals surface area contributed by atoms with Gasteiger partial charge in [-0.25, -0.2) is 9.97 Å². The average Bonchev–Trinajstić information content (AvgIpc) is 2.85. The summed E-state index contributed by atoms with van der Waals surface area (Å²) in [7, 11) is 0. The number of rotatable bonds is 5. The number of nitrogens with zero attached hydrogens (tertiary/aromatic N) is 3. The number of pyridine rings is 1. The minimum atomic E-state index is -0.0705. The van der Waals surface area contributed by atoms with E-state index in [1.165, 1.54) is 6.42 Å². The van der Waals surface area contributed by atoms with E-state index in [0.717, 1.165) is 36.6 Å². The van der Waals surface area contributed by atoms with E-state index >= 15 is 0 Å². The molecule has 0 aliphatic heterocycles. The van der Waals surface area contributed by atoms with Gasteiger partial charge in [-0.15, -0.1) is 0 Å². The molecule has 5 rings (SSSR count). The monoisotopic (exact) mass is 457 g/mol. The maximum atomic E-state index is 13.1. The minimum absolute atomic E-state index is 0.0705. The molecule has 0 unspecified atom stereocenters. The zero-order valence-corrected chi connectivity index (χ0v) is 18.8. The standard InChI is InChI=1S/C26H24ClN5O/c27-18-12-13-20-23(15-18)31-24(17-7-6-14-28-16-17)32-25(20)30-22-11-5-4-10-21(22)26(33)29-19-8-2-1-3-9-19/h4-7,10-16,19H,1-3,8-9H2,(H,29,33)(H,30,31,32). The van der Waals surface area contributed by atoms with Gasteiger partial charge in [0.05, 0.1) is 16.8 Å². The topological polar surface area (TPSA) is 79.8 Å². The molecule has 2 aromatic heterocycles. The van der Waals surface area contributed by atoms with E-state index < -0.39 is 0 Å². The lowest BCUT2D eigenvalue weighted by atomic mass is 9.95. The fourth-order valence-corrected chi connectivity index (χ4v) is 4.42. The zero-order valence-electron chi connectivity index (χ0n) is 18.1.